The molecule has 1 aromatic carbocycles. The summed E-state index contributed by atoms with van der Waals surface area (Å²) in [5.74, 6) is -0.460. The van der Waals surface area contributed by atoms with Gasteiger partial charge in [0, 0.05) is 30.6 Å². The topological polar surface area (TPSA) is 88.6 Å². The number of rotatable bonds is 4. The molecule has 2 fully saturated rings. The summed E-state index contributed by atoms with van der Waals surface area (Å²) in [6, 6.07) is 4.11. The second kappa shape index (κ2) is 6.69. The van der Waals surface area contributed by atoms with E-state index in [1.165, 1.54) is 6.07 Å². The Balaban J connectivity index is 1.63. The lowest BCUT2D eigenvalue weighted by atomic mass is 9.78. The average Bonchev–Trinajstić information content (AvgIpc) is 3.44. The van der Waals surface area contributed by atoms with Gasteiger partial charge in [-0.15, -0.1) is 0 Å². The highest BCUT2D eigenvalue weighted by Crippen LogP contribution is 2.41. The van der Waals surface area contributed by atoms with Gasteiger partial charge in [-0.25, -0.2) is 9.18 Å². The van der Waals surface area contributed by atoms with Crippen LogP contribution < -0.4 is 16.1 Å². The number of aromatic nitrogens is 1. The van der Waals surface area contributed by atoms with Gasteiger partial charge in [0.05, 0.1) is 11.2 Å². The first kappa shape index (κ1) is 18.4. The zero-order valence-electron chi connectivity index (χ0n) is 16.1. The standard InChI is InChI=1S/C22H24FN3O3/c23-17-6-15-18(26(14-4-5-14)20(22(28)29)8-21(15)27)7-19(17)25-10-13-3-1-2-12(9-24)16(13)11-25/h1,3,6-8,12-14,16H,2,4-5,9-11,24H2,(H,28,29). The molecule has 29 heavy (non-hydrogen) atoms. The number of halogens is 1. The monoisotopic (exact) mass is 397 g/mol. The lowest BCUT2D eigenvalue weighted by Crippen LogP contribution is -2.30. The first-order chi connectivity index (χ1) is 14.0. The van der Waals surface area contributed by atoms with E-state index in [1.807, 2.05) is 4.90 Å². The number of nitrogens with zero attached hydrogens (tertiary/aromatic N) is 2. The molecule has 2 aromatic rings. The molecule has 2 heterocycles. The average molecular weight is 397 g/mol. The van der Waals surface area contributed by atoms with Crippen molar-refractivity contribution in [3.63, 3.8) is 0 Å². The molecule has 6 nitrogen and oxygen atoms in total. The van der Waals surface area contributed by atoms with Gasteiger partial charge in [-0.05, 0) is 55.7 Å². The lowest BCUT2D eigenvalue weighted by Gasteiger charge is -2.27. The van der Waals surface area contributed by atoms with E-state index < -0.39 is 17.2 Å². The van der Waals surface area contributed by atoms with Crippen LogP contribution in [0.4, 0.5) is 10.1 Å². The SMILES string of the molecule is NCC1CC=CC2CN(c3cc4c(cc3F)c(=O)cc(C(=O)O)n4C3CC3)CC21. The molecule has 2 aliphatic carbocycles. The van der Waals surface area contributed by atoms with Crippen molar-refractivity contribution >= 4 is 22.6 Å². The maximum Gasteiger partial charge on any atom is 0.352 e. The Kier molecular flexibility index (Phi) is 4.24. The van der Waals surface area contributed by atoms with E-state index in [9.17, 15) is 14.7 Å². The Morgan fingerprint density at radius 1 is 1.24 bits per heavy atom. The second-order valence-corrected chi connectivity index (χ2v) is 8.51. The van der Waals surface area contributed by atoms with Crippen LogP contribution in [0.1, 0.15) is 35.8 Å². The number of allylic oxidation sites excluding steroid dienone is 1. The summed E-state index contributed by atoms with van der Waals surface area (Å²) >= 11 is 0. The highest BCUT2D eigenvalue weighted by Gasteiger charge is 2.38. The number of nitrogens with two attached hydrogens (primary N) is 1. The van der Waals surface area contributed by atoms with Crippen LogP contribution in [0.25, 0.3) is 10.9 Å². The molecule has 3 N–H and O–H groups in total. The number of aromatic carboxylic acids is 1. The van der Waals surface area contributed by atoms with Crippen LogP contribution >= 0.6 is 0 Å². The minimum Gasteiger partial charge on any atom is -0.477 e. The van der Waals surface area contributed by atoms with Gasteiger partial charge in [0.2, 0.25) is 0 Å². The molecule has 1 aromatic heterocycles. The van der Waals surface area contributed by atoms with Crippen molar-refractivity contribution in [2.75, 3.05) is 24.5 Å². The van der Waals surface area contributed by atoms with Gasteiger partial charge in [0.15, 0.2) is 5.43 Å². The van der Waals surface area contributed by atoms with Crippen LogP contribution in [0, 0.1) is 23.6 Å². The quantitative estimate of drug-likeness (QED) is 0.775. The number of pyridine rings is 1. The molecule has 3 aliphatic rings. The van der Waals surface area contributed by atoms with Crippen LogP contribution in [0.5, 0.6) is 0 Å². The van der Waals surface area contributed by atoms with E-state index in [-0.39, 0.29) is 17.1 Å². The van der Waals surface area contributed by atoms with Gasteiger partial charge in [-0.3, -0.25) is 4.79 Å². The minimum atomic E-state index is -1.13. The highest BCUT2D eigenvalue weighted by molar-refractivity contribution is 5.92. The molecule has 3 atom stereocenters. The van der Waals surface area contributed by atoms with Crippen molar-refractivity contribution in [3.05, 3.63) is 52.1 Å². The Morgan fingerprint density at radius 2 is 2.03 bits per heavy atom. The van der Waals surface area contributed by atoms with Crippen molar-refractivity contribution in [2.45, 2.75) is 25.3 Å². The number of carbonyl (C=O) groups is 1. The second-order valence-electron chi connectivity index (χ2n) is 8.51. The normalized spacial score (nSPS) is 26.1. The third kappa shape index (κ3) is 2.95. The van der Waals surface area contributed by atoms with Crippen molar-refractivity contribution in [1.82, 2.24) is 4.57 Å². The van der Waals surface area contributed by atoms with E-state index >= 15 is 4.39 Å². The van der Waals surface area contributed by atoms with Gasteiger partial charge in [0.25, 0.3) is 0 Å². The minimum absolute atomic E-state index is 0.0243. The molecular formula is C22H24FN3O3. The van der Waals surface area contributed by atoms with Crippen LogP contribution in [0.2, 0.25) is 0 Å². The predicted octanol–water partition coefficient (Wildman–Crippen LogP) is 2.76. The molecule has 5 rings (SSSR count). The Labute approximate surface area is 167 Å². The van der Waals surface area contributed by atoms with Crippen molar-refractivity contribution in [1.29, 1.82) is 0 Å². The fourth-order valence-corrected chi connectivity index (χ4v) is 5.11. The van der Waals surface area contributed by atoms with Crippen LogP contribution in [-0.2, 0) is 0 Å². The van der Waals surface area contributed by atoms with E-state index in [1.54, 1.807) is 10.6 Å². The summed E-state index contributed by atoms with van der Waals surface area (Å²) < 4.78 is 16.8. The highest BCUT2D eigenvalue weighted by atomic mass is 19.1. The Hall–Kier alpha value is -2.67. The molecule has 0 amide bonds. The Bertz CT molecular complexity index is 1090. The molecule has 0 radical (unpaired) electrons. The molecule has 0 spiro atoms. The number of hydrogen-bond acceptors (Lipinski definition) is 4. The van der Waals surface area contributed by atoms with Gasteiger partial charge >= 0.3 is 5.97 Å². The van der Waals surface area contributed by atoms with Gasteiger partial charge in [-0.1, -0.05) is 12.2 Å². The van der Waals surface area contributed by atoms with Crippen molar-refractivity contribution in [2.24, 2.45) is 23.5 Å². The smallest absolute Gasteiger partial charge is 0.352 e. The molecule has 152 valence electrons. The number of benzene rings is 1. The number of carboxylic acid groups (broad SMARTS) is 1. The molecule has 1 saturated carbocycles. The van der Waals surface area contributed by atoms with Gasteiger partial charge in [0.1, 0.15) is 11.5 Å². The largest absolute Gasteiger partial charge is 0.477 e. The molecule has 3 unspecified atom stereocenters. The number of carboxylic acids is 1. The first-order valence-electron chi connectivity index (χ1n) is 10.2. The van der Waals surface area contributed by atoms with E-state index in [4.69, 9.17) is 5.73 Å². The van der Waals surface area contributed by atoms with E-state index in [0.29, 0.717) is 48.6 Å². The van der Waals surface area contributed by atoms with E-state index in [2.05, 4.69) is 12.2 Å². The summed E-state index contributed by atoms with van der Waals surface area (Å²) in [5.41, 5.74) is 6.41. The fraction of sp³-hybridized carbons (Fsp3) is 0.455. The third-order valence-corrected chi connectivity index (χ3v) is 6.73. The van der Waals surface area contributed by atoms with Crippen LogP contribution in [0.3, 0.4) is 0 Å². The number of hydrogen-bond donors (Lipinski definition) is 2. The van der Waals surface area contributed by atoms with Crippen LogP contribution in [0.15, 0.2) is 35.1 Å². The molecule has 0 bridgehead atoms. The molecule has 7 heteroatoms. The summed E-state index contributed by atoms with van der Waals surface area (Å²) in [4.78, 5) is 26.3. The predicted molar refractivity (Wildman–Crippen MR) is 109 cm³/mol. The Morgan fingerprint density at radius 3 is 2.72 bits per heavy atom. The summed E-state index contributed by atoms with van der Waals surface area (Å²) in [6.07, 6.45) is 7.06. The maximum atomic E-state index is 15.1. The van der Waals surface area contributed by atoms with Crippen molar-refractivity contribution < 1.29 is 14.3 Å². The molecule has 1 aliphatic heterocycles. The summed E-state index contributed by atoms with van der Waals surface area (Å²) in [5, 5.41) is 9.83. The lowest BCUT2D eigenvalue weighted by molar-refractivity contribution is 0.0684. The summed E-state index contributed by atoms with van der Waals surface area (Å²) in [6.45, 7) is 2.03. The molecular weight excluding hydrogens is 373 g/mol. The van der Waals surface area contributed by atoms with Gasteiger partial charge < -0.3 is 20.3 Å². The summed E-state index contributed by atoms with van der Waals surface area (Å²) in [7, 11) is 0. The third-order valence-electron chi connectivity index (χ3n) is 6.73. The van der Waals surface area contributed by atoms with Crippen LogP contribution in [-0.4, -0.2) is 35.3 Å². The zero-order valence-corrected chi connectivity index (χ0v) is 16.1. The number of fused-ring (bicyclic) bond motifs is 2. The first-order valence-corrected chi connectivity index (χ1v) is 10.2. The maximum absolute atomic E-state index is 15.1. The zero-order chi connectivity index (χ0) is 20.3. The van der Waals surface area contributed by atoms with Crippen molar-refractivity contribution in [3.8, 4) is 0 Å². The van der Waals surface area contributed by atoms with Gasteiger partial charge in [-0.2, -0.15) is 0 Å². The van der Waals surface area contributed by atoms with E-state index in [0.717, 1.165) is 25.3 Å². The number of anilines is 1. The molecule has 1 saturated heterocycles. The fourth-order valence-electron chi connectivity index (χ4n) is 5.11.